The molecular formula is C14H21ClN6. The summed E-state index contributed by atoms with van der Waals surface area (Å²) in [6, 6.07) is 9.98. The number of aromatic nitrogens is 4. The fourth-order valence-electron chi connectivity index (χ4n) is 2.70. The molecule has 1 fully saturated rings. The van der Waals surface area contributed by atoms with Crippen LogP contribution in [0.4, 0.5) is 0 Å². The van der Waals surface area contributed by atoms with Gasteiger partial charge in [0.2, 0.25) is 0 Å². The lowest BCUT2D eigenvalue weighted by Crippen LogP contribution is -2.31. The van der Waals surface area contributed by atoms with E-state index in [-0.39, 0.29) is 17.8 Å². The topological polar surface area (TPSA) is 72.9 Å². The molecule has 21 heavy (non-hydrogen) atoms. The zero-order chi connectivity index (χ0) is 14.0. The van der Waals surface area contributed by atoms with Gasteiger partial charge in [-0.05, 0) is 47.5 Å². The Kier molecular flexibility index (Phi) is 4.92. The number of halogens is 1. The van der Waals surface area contributed by atoms with Gasteiger partial charge in [-0.15, -0.1) is 17.5 Å². The molecule has 1 saturated heterocycles. The molecule has 2 heterocycles. The van der Waals surface area contributed by atoms with Crippen LogP contribution in [0.25, 0.3) is 5.69 Å². The molecule has 114 valence electrons. The summed E-state index contributed by atoms with van der Waals surface area (Å²) in [5.74, 6) is 0.873. The molecular weight excluding hydrogens is 288 g/mol. The normalized spacial score (nSPS) is 22.2. The Labute approximate surface area is 130 Å². The lowest BCUT2D eigenvalue weighted by atomic mass is 9.90. The van der Waals surface area contributed by atoms with Crippen molar-refractivity contribution in [3.05, 3.63) is 36.2 Å². The van der Waals surface area contributed by atoms with E-state index in [1.54, 1.807) is 4.68 Å². The number of benzene rings is 1. The van der Waals surface area contributed by atoms with E-state index in [2.05, 4.69) is 27.3 Å². The molecule has 0 spiro atoms. The van der Waals surface area contributed by atoms with Crippen molar-refractivity contribution in [2.75, 3.05) is 19.6 Å². The van der Waals surface area contributed by atoms with Gasteiger partial charge in [-0.3, -0.25) is 4.90 Å². The zero-order valence-electron chi connectivity index (χ0n) is 12.1. The van der Waals surface area contributed by atoms with Gasteiger partial charge >= 0.3 is 0 Å². The van der Waals surface area contributed by atoms with Gasteiger partial charge in [0.25, 0.3) is 0 Å². The number of para-hydroxylation sites is 1. The maximum Gasteiger partial charge on any atom is 0.170 e. The lowest BCUT2D eigenvalue weighted by Gasteiger charge is -2.22. The summed E-state index contributed by atoms with van der Waals surface area (Å²) in [5, 5.41) is 12.1. The first-order valence-corrected chi connectivity index (χ1v) is 6.95. The maximum atomic E-state index is 5.85. The van der Waals surface area contributed by atoms with E-state index in [0.717, 1.165) is 44.1 Å². The third-order valence-electron chi connectivity index (χ3n) is 4.03. The molecule has 2 N–H and O–H groups in total. The van der Waals surface area contributed by atoms with Gasteiger partial charge in [-0.1, -0.05) is 25.1 Å². The Bertz CT molecular complexity index is 572. The SMILES string of the molecule is CC1(CN)CCN(Cc2nnnn2-c2ccccc2)C1.Cl. The van der Waals surface area contributed by atoms with Gasteiger partial charge in [0.15, 0.2) is 5.82 Å². The highest BCUT2D eigenvalue weighted by Gasteiger charge is 2.33. The van der Waals surface area contributed by atoms with Crippen LogP contribution >= 0.6 is 12.4 Å². The molecule has 1 aliphatic heterocycles. The van der Waals surface area contributed by atoms with Gasteiger partial charge in [0.05, 0.1) is 12.2 Å². The van der Waals surface area contributed by atoms with Crippen LogP contribution in [-0.4, -0.2) is 44.7 Å². The van der Waals surface area contributed by atoms with E-state index in [0.29, 0.717) is 0 Å². The van der Waals surface area contributed by atoms with Crippen LogP contribution in [0, 0.1) is 5.41 Å². The van der Waals surface area contributed by atoms with Crippen LogP contribution in [0.2, 0.25) is 0 Å². The van der Waals surface area contributed by atoms with Crippen molar-refractivity contribution in [1.82, 2.24) is 25.1 Å². The molecule has 1 unspecified atom stereocenters. The molecule has 0 aliphatic carbocycles. The van der Waals surface area contributed by atoms with Crippen molar-refractivity contribution >= 4 is 12.4 Å². The molecule has 1 aliphatic rings. The summed E-state index contributed by atoms with van der Waals surface area (Å²) >= 11 is 0. The van der Waals surface area contributed by atoms with Crippen LogP contribution < -0.4 is 5.73 Å². The van der Waals surface area contributed by atoms with Gasteiger partial charge < -0.3 is 5.73 Å². The quantitative estimate of drug-likeness (QED) is 0.920. The Morgan fingerprint density at radius 1 is 1.29 bits per heavy atom. The fraction of sp³-hybridized carbons (Fsp3) is 0.500. The Balaban J connectivity index is 0.00000161. The monoisotopic (exact) mass is 308 g/mol. The first-order chi connectivity index (χ1) is 9.70. The van der Waals surface area contributed by atoms with Crippen LogP contribution in [0.5, 0.6) is 0 Å². The van der Waals surface area contributed by atoms with Crippen LogP contribution in [0.1, 0.15) is 19.2 Å². The maximum absolute atomic E-state index is 5.85. The van der Waals surface area contributed by atoms with E-state index in [9.17, 15) is 0 Å². The standard InChI is InChI=1S/C14H20N6.ClH/c1-14(10-15)7-8-19(11-14)9-13-16-17-18-20(13)12-5-3-2-4-6-12;/h2-6H,7-11,15H2,1H3;1H. The van der Waals surface area contributed by atoms with E-state index in [1.807, 2.05) is 30.3 Å². The average Bonchev–Trinajstić information content (AvgIpc) is 3.08. The summed E-state index contributed by atoms with van der Waals surface area (Å²) < 4.78 is 1.80. The second kappa shape index (κ2) is 6.51. The number of nitrogens with two attached hydrogens (primary N) is 1. The fourth-order valence-corrected chi connectivity index (χ4v) is 2.70. The van der Waals surface area contributed by atoms with Gasteiger partial charge in [-0.25, -0.2) is 0 Å². The minimum Gasteiger partial charge on any atom is -0.330 e. The van der Waals surface area contributed by atoms with Crippen molar-refractivity contribution in [2.24, 2.45) is 11.1 Å². The van der Waals surface area contributed by atoms with Crippen molar-refractivity contribution in [1.29, 1.82) is 0 Å². The Hall–Kier alpha value is -1.50. The van der Waals surface area contributed by atoms with Gasteiger partial charge in [-0.2, -0.15) is 4.68 Å². The highest BCUT2D eigenvalue weighted by Crippen LogP contribution is 2.29. The predicted molar refractivity (Wildman–Crippen MR) is 83.5 cm³/mol. The number of hydrogen-bond acceptors (Lipinski definition) is 5. The minimum atomic E-state index is 0. The number of nitrogens with zero attached hydrogens (tertiary/aromatic N) is 5. The van der Waals surface area contributed by atoms with Crippen LogP contribution in [-0.2, 0) is 6.54 Å². The molecule has 0 radical (unpaired) electrons. The second-order valence-electron chi connectivity index (χ2n) is 5.82. The molecule has 1 aromatic heterocycles. The van der Waals surface area contributed by atoms with Crippen LogP contribution in [0.3, 0.4) is 0 Å². The molecule has 0 saturated carbocycles. The highest BCUT2D eigenvalue weighted by atomic mass is 35.5. The molecule has 2 aromatic rings. The summed E-state index contributed by atoms with van der Waals surface area (Å²) in [7, 11) is 0. The Morgan fingerprint density at radius 3 is 2.71 bits per heavy atom. The highest BCUT2D eigenvalue weighted by molar-refractivity contribution is 5.85. The third-order valence-corrected chi connectivity index (χ3v) is 4.03. The van der Waals surface area contributed by atoms with E-state index in [1.165, 1.54) is 0 Å². The third kappa shape index (κ3) is 3.40. The van der Waals surface area contributed by atoms with Crippen LogP contribution in [0.15, 0.2) is 30.3 Å². The van der Waals surface area contributed by atoms with Crippen molar-refractivity contribution < 1.29 is 0 Å². The number of rotatable bonds is 4. The predicted octanol–water partition coefficient (Wildman–Crippen LogP) is 1.25. The lowest BCUT2D eigenvalue weighted by molar-refractivity contribution is 0.267. The van der Waals surface area contributed by atoms with E-state index in [4.69, 9.17) is 5.73 Å². The van der Waals surface area contributed by atoms with E-state index < -0.39 is 0 Å². The zero-order valence-corrected chi connectivity index (χ0v) is 13.0. The molecule has 1 aromatic carbocycles. The molecule has 3 rings (SSSR count). The van der Waals surface area contributed by atoms with E-state index >= 15 is 0 Å². The summed E-state index contributed by atoms with van der Waals surface area (Å²) in [4.78, 5) is 2.37. The molecule has 0 bridgehead atoms. The number of likely N-dealkylation sites (tertiary alicyclic amines) is 1. The number of hydrogen-bond donors (Lipinski definition) is 1. The minimum absolute atomic E-state index is 0. The van der Waals surface area contributed by atoms with Crippen molar-refractivity contribution in [3.63, 3.8) is 0 Å². The average molecular weight is 309 g/mol. The van der Waals surface area contributed by atoms with Crippen molar-refractivity contribution in [3.8, 4) is 5.69 Å². The second-order valence-corrected chi connectivity index (χ2v) is 5.82. The van der Waals surface area contributed by atoms with Gasteiger partial charge in [0.1, 0.15) is 0 Å². The van der Waals surface area contributed by atoms with Gasteiger partial charge in [0, 0.05) is 6.54 Å². The molecule has 0 amide bonds. The Morgan fingerprint density at radius 2 is 2.05 bits per heavy atom. The first kappa shape index (κ1) is 15.9. The molecule has 1 atom stereocenters. The summed E-state index contributed by atoms with van der Waals surface area (Å²) in [6.45, 7) is 5.79. The smallest absolute Gasteiger partial charge is 0.170 e. The summed E-state index contributed by atoms with van der Waals surface area (Å²) in [5.41, 5.74) is 7.07. The van der Waals surface area contributed by atoms with Crippen molar-refractivity contribution in [2.45, 2.75) is 19.9 Å². The number of tetrazole rings is 1. The largest absolute Gasteiger partial charge is 0.330 e. The molecule has 7 heteroatoms. The summed E-state index contributed by atoms with van der Waals surface area (Å²) in [6.07, 6.45) is 1.14. The first-order valence-electron chi connectivity index (χ1n) is 6.95. The molecule has 6 nitrogen and oxygen atoms in total.